The molecular formula is C24H30F6O3. The first kappa shape index (κ1) is 24.7. The van der Waals surface area contributed by atoms with Crippen molar-refractivity contribution in [2.24, 2.45) is 34.5 Å². The fourth-order valence-electron chi connectivity index (χ4n) is 7.82. The Hall–Kier alpha value is -1.38. The lowest BCUT2D eigenvalue weighted by Gasteiger charge is -2.58. The summed E-state index contributed by atoms with van der Waals surface area (Å²) in [7, 11) is 0. The van der Waals surface area contributed by atoms with Crippen molar-refractivity contribution in [1.29, 1.82) is 0 Å². The van der Waals surface area contributed by atoms with Gasteiger partial charge in [0.1, 0.15) is 5.78 Å². The summed E-state index contributed by atoms with van der Waals surface area (Å²) in [4.78, 5) is 24.8. The fourth-order valence-corrected chi connectivity index (χ4v) is 7.82. The van der Waals surface area contributed by atoms with Crippen LogP contribution in [0.4, 0.5) is 26.3 Å². The molecule has 3 fully saturated rings. The molecule has 0 aromatic rings. The summed E-state index contributed by atoms with van der Waals surface area (Å²) in [5, 5.41) is 9.56. The van der Waals surface area contributed by atoms with Crippen LogP contribution in [-0.2, 0) is 9.59 Å². The Morgan fingerprint density at radius 3 is 2.21 bits per heavy atom. The Labute approximate surface area is 189 Å². The second kappa shape index (κ2) is 7.56. The van der Waals surface area contributed by atoms with Gasteiger partial charge in [0, 0.05) is 12.3 Å². The van der Waals surface area contributed by atoms with Gasteiger partial charge in [0.2, 0.25) is 0 Å². The van der Waals surface area contributed by atoms with Crippen molar-refractivity contribution in [2.45, 2.75) is 89.6 Å². The second-order valence-electron chi connectivity index (χ2n) is 11.1. The van der Waals surface area contributed by atoms with Crippen molar-refractivity contribution in [3.8, 4) is 0 Å². The molecule has 4 rings (SSSR count). The lowest BCUT2D eigenvalue weighted by Crippen LogP contribution is -2.59. The number of halogens is 6. The summed E-state index contributed by atoms with van der Waals surface area (Å²) in [5.41, 5.74) is -4.67. The molecule has 0 amide bonds. The highest BCUT2D eigenvalue weighted by molar-refractivity contribution is 5.91. The maximum absolute atomic E-state index is 13.2. The van der Waals surface area contributed by atoms with Gasteiger partial charge in [-0.1, -0.05) is 19.4 Å². The third-order valence-electron chi connectivity index (χ3n) is 9.72. The summed E-state index contributed by atoms with van der Waals surface area (Å²) in [6.45, 7) is 4.01. The van der Waals surface area contributed by atoms with E-state index in [1.165, 1.54) is 0 Å². The Bertz CT molecular complexity index is 860. The number of rotatable bonds is 3. The van der Waals surface area contributed by atoms with Gasteiger partial charge in [-0.05, 0) is 79.6 Å². The van der Waals surface area contributed by atoms with Gasteiger partial charge in [-0.3, -0.25) is 9.59 Å². The highest BCUT2D eigenvalue weighted by Gasteiger charge is 2.72. The van der Waals surface area contributed by atoms with Gasteiger partial charge in [0.25, 0.3) is 5.60 Å². The van der Waals surface area contributed by atoms with Crippen LogP contribution < -0.4 is 0 Å². The Balaban J connectivity index is 1.58. The minimum atomic E-state index is -5.99. The van der Waals surface area contributed by atoms with Crippen molar-refractivity contribution in [2.75, 3.05) is 0 Å². The molecule has 6 unspecified atom stereocenters. The zero-order chi connectivity index (χ0) is 24.6. The topological polar surface area (TPSA) is 54.4 Å². The van der Waals surface area contributed by atoms with E-state index in [4.69, 9.17) is 0 Å². The molecule has 186 valence electrons. The van der Waals surface area contributed by atoms with E-state index in [9.17, 15) is 41.0 Å². The molecule has 0 bridgehead atoms. The van der Waals surface area contributed by atoms with Crippen LogP contribution in [0.3, 0.4) is 0 Å². The number of fused-ring (bicyclic) bond motifs is 5. The first-order valence-electron chi connectivity index (χ1n) is 11.7. The highest BCUT2D eigenvalue weighted by atomic mass is 19.4. The maximum atomic E-state index is 13.2. The number of carbonyl (C=O) groups is 2. The molecule has 0 aliphatic heterocycles. The average molecular weight is 480 g/mol. The predicted molar refractivity (Wildman–Crippen MR) is 107 cm³/mol. The van der Waals surface area contributed by atoms with Crippen molar-refractivity contribution < 1.29 is 41.0 Å². The number of hydrogen-bond acceptors (Lipinski definition) is 3. The van der Waals surface area contributed by atoms with E-state index in [-0.39, 0.29) is 29.5 Å². The van der Waals surface area contributed by atoms with E-state index in [1.54, 1.807) is 6.08 Å². The molecule has 0 radical (unpaired) electrons. The molecule has 0 aromatic carbocycles. The molecular weight excluding hydrogens is 450 g/mol. The summed E-state index contributed by atoms with van der Waals surface area (Å²) < 4.78 is 79.0. The molecule has 0 heterocycles. The number of alkyl halides is 6. The Morgan fingerprint density at radius 1 is 0.970 bits per heavy atom. The molecule has 4 aliphatic carbocycles. The number of aliphatic hydroxyl groups is 1. The first-order chi connectivity index (χ1) is 15.0. The summed E-state index contributed by atoms with van der Waals surface area (Å²) >= 11 is 0. The van der Waals surface area contributed by atoms with Crippen molar-refractivity contribution in [3.63, 3.8) is 0 Å². The van der Waals surface area contributed by atoms with Crippen LogP contribution in [0.1, 0.15) is 71.6 Å². The van der Waals surface area contributed by atoms with Crippen LogP contribution in [0, 0.1) is 34.5 Å². The van der Waals surface area contributed by atoms with Crippen LogP contribution in [0.2, 0.25) is 0 Å². The van der Waals surface area contributed by atoms with E-state index in [1.807, 2.05) is 6.92 Å². The summed E-state index contributed by atoms with van der Waals surface area (Å²) in [5.74, 6) is -1.40. The molecule has 6 atom stereocenters. The quantitative estimate of drug-likeness (QED) is 0.508. The molecule has 3 nitrogen and oxygen atoms in total. The third-order valence-corrected chi connectivity index (χ3v) is 9.72. The Kier molecular flexibility index (Phi) is 5.66. The zero-order valence-electron chi connectivity index (χ0n) is 18.8. The highest BCUT2D eigenvalue weighted by Crippen LogP contribution is 2.67. The van der Waals surface area contributed by atoms with Crippen molar-refractivity contribution in [3.05, 3.63) is 11.6 Å². The van der Waals surface area contributed by atoms with E-state index in [2.05, 4.69) is 6.92 Å². The first-order valence-corrected chi connectivity index (χ1v) is 11.7. The number of allylic oxidation sites excluding steroid dienone is 1. The second-order valence-corrected chi connectivity index (χ2v) is 11.1. The third kappa shape index (κ3) is 3.59. The Morgan fingerprint density at radius 2 is 1.61 bits per heavy atom. The van der Waals surface area contributed by atoms with Crippen LogP contribution in [0.25, 0.3) is 0 Å². The average Bonchev–Trinajstić information content (AvgIpc) is 3.04. The van der Waals surface area contributed by atoms with Gasteiger partial charge < -0.3 is 5.11 Å². The maximum Gasteiger partial charge on any atom is 0.426 e. The standard InChI is InChI=1S/C24H30F6O3/c1-20-9-7-14(31)11-13(20)3-4-15-16-5-6-18(21(16,2)10-8-17(15)20)19(32)12-22(33,23(25,26)27)24(28,29)30/h11,15-18,33H,3-10,12H2,1-2H3. The van der Waals surface area contributed by atoms with Gasteiger partial charge in [0.05, 0.1) is 6.42 Å². The van der Waals surface area contributed by atoms with Crippen molar-refractivity contribution >= 4 is 11.6 Å². The number of Topliss-reactive ketones (excluding diaryl/α,β-unsaturated/α-hetero) is 1. The normalized spacial score (nSPS) is 39.4. The van der Waals surface area contributed by atoms with E-state index in [0.717, 1.165) is 31.3 Å². The summed E-state index contributed by atoms with van der Waals surface area (Å²) in [6.07, 6.45) is -7.29. The molecule has 0 aromatic heterocycles. The largest absolute Gasteiger partial charge is 0.426 e. The lowest BCUT2D eigenvalue weighted by molar-refractivity contribution is -0.367. The number of carbonyl (C=O) groups excluding carboxylic acids is 2. The minimum Gasteiger partial charge on any atom is -0.373 e. The molecule has 0 saturated heterocycles. The monoisotopic (exact) mass is 480 g/mol. The molecule has 1 N–H and O–H groups in total. The van der Waals surface area contributed by atoms with Crippen LogP contribution in [0.5, 0.6) is 0 Å². The smallest absolute Gasteiger partial charge is 0.373 e. The van der Waals surface area contributed by atoms with Gasteiger partial charge in [-0.25, -0.2) is 0 Å². The van der Waals surface area contributed by atoms with Gasteiger partial charge >= 0.3 is 12.4 Å². The lowest BCUT2D eigenvalue weighted by atomic mass is 9.46. The molecule has 3 saturated carbocycles. The number of ketones is 2. The number of hydrogen-bond donors (Lipinski definition) is 1. The molecule has 4 aliphatic rings. The molecule has 9 heteroatoms. The van der Waals surface area contributed by atoms with E-state index in [0.29, 0.717) is 25.2 Å². The van der Waals surface area contributed by atoms with Gasteiger partial charge in [0.15, 0.2) is 5.78 Å². The van der Waals surface area contributed by atoms with Crippen molar-refractivity contribution in [1.82, 2.24) is 0 Å². The molecule has 33 heavy (non-hydrogen) atoms. The minimum absolute atomic E-state index is 0.0334. The van der Waals surface area contributed by atoms with Crippen LogP contribution >= 0.6 is 0 Å². The zero-order valence-corrected chi connectivity index (χ0v) is 18.8. The van der Waals surface area contributed by atoms with Gasteiger partial charge in [-0.15, -0.1) is 0 Å². The fraction of sp³-hybridized carbons (Fsp3) is 0.833. The van der Waals surface area contributed by atoms with Crippen LogP contribution in [0.15, 0.2) is 11.6 Å². The summed E-state index contributed by atoms with van der Waals surface area (Å²) in [6, 6.07) is 0. The van der Waals surface area contributed by atoms with Gasteiger partial charge in [-0.2, -0.15) is 26.3 Å². The predicted octanol–water partition coefficient (Wildman–Crippen LogP) is 5.95. The SMILES string of the molecule is CC12CCC(=O)C=C1CCC1C2CCC2(C)C(C(=O)CC(O)(C(F)(F)F)C(F)(F)F)CCC12. The van der Waals surface area contributed by atoms with E-state index >= 15 is 0 Å². The van der Waals surface area contributed by atoms with E-state index < -0.39 is 41.5 Å². The van der Waals surface area contributed by atoms with Crippen LogP contribution in [-0.4, -0.2) is 34.6 Å². The molecule has 0 spiro atoms.